The zero-order valence-electron chi connectivity index (χ0n) is 15.4. The van der Waals surface area contributed by atoms with Gasteiger partial charge in [0.05, 0.1) is 13.2 Å². The van der Waals surface area contributed by atoms with E-state index in [1.165, 1.54) is 12.5 Å². The molecule has 0 heterocycles. The zero-order valence-corrected chi connectivity index (χ0v) is 19.4. The van der Waals surface area contributed by atoms with Crippen molar-refractivity contribution in [3.05, 3.63) is 0 Å². The lowest BCUT2D eigenvalue weighted by Gasteiger charge is -2.58. The largest absolute Gasteiger partial charge is 0.394 e. The van der Waals surface area contributed by atoms with Crippen molar-refractivity contribution in [1.29, 1.82) is 0 Å². The highest BCUT2D eigenvalue weighted by Gasteiger charge is 2.60. The maximum absolute atomic E-state index is 8.82. The highest BCUT2D eigenvalue weighted by Crippen LogP contribution is 2.40. The van der Waals surface area contributed by atoms with E-state index in [1.54, 1.807) is 0 Å². The van der Waals surface area contributed by atoms with E-state index in [2.05, 4.69) is 58.9 Å². The van der Waals surface area contributed by atoms with Gasteiger partial charge in [-0.3, -0.25) is 0 Å². The summed E-state index contributed by atoms with van der Waals surface area (Å²) in [5, 5.41) is 8.82. The van der Waals surface area contributed by atoms with Gasteiger partial charge in [-0.15, -0.1) is 0 Å². The lowest BCUT2D eigenvalue weighted by atomic mass is 10.5. The Morgan fingerprint density at radius 1 is 0.700 bits per heavy atom. The fourth-order valence-electron chi connectivity index (χ4n) is 5.11. The van der Waals surface area contributed by atoms with Crippen molar-refractivity contribution in [3.63, 3.8) is 0 Å². The van der Waals surface area contributed by atoms with E-state index in [0.717, 1.165) is 6.61 Å². The molecule has 0 aliphatic rings. The molecule has 1 N–H and O–H groups in total. The second kappa shape index (κ2) is 7.37. The Labute approximate surface area is 130 Å². The minimum absolute atomic E-state index is 0.151. The van der Waals surface area contributed by atoms with Gasteiger partial charge < -0.3 is 9.84 Å². The molecular weight excluding hydrogens is 312 g/mol. The molecule has 0 aliphatic heterocycles. The van der Waals surface area contributed by atoms with Crippen LogP contribution < -0.4 is 0 Å². The molecule has 20 heavy (non-hydrogen) atoms. The van der Waals surface area contributed by atoms with Gasteiger partial charge in [-0.1, -0.05) is 65.0 Å². The molecule has 0 spiro atoms. The van der Waals surface area contributed by atoms with Crippen molar-refractivity contribution in [3.8, 4) is 0 Å². The summed E-state index contributed by atoms with van der Waals surface area (Å²) in [7, 11) is -3.36. The second-order valence-electron chi connectivity index (χ2n) is 9.09. The lowest BCUT2D eigenvalue weighted by Crippen LogP contribution is -2.82. The van der Waals surface area contributed by atoms with E-state index < -0.39 is 29.4 Å². The van der Waals surface area contributed by atoms with E-state index in [1.807, 2.05) is 0 Å². The summed E-state index contributed by atoms with van der Waals surface area (Å²) in [4.78, 5) is 0. The van der Waals surface area contributed by atoms with Gasteiger partial charge in [-0.05, 0) is 6.42 Å². The van der Waals surface area contributed by atoms with Gasteiger partial charge >= 0.3 is 0 Å². The van der Waals surface area contributed by atoms with Crippen molar-refractivity contribution in [2.75, 3.05) is 19.8 Å². The van der Waals surface area contributed by atoms with Gasteiger partial charge in [0, 0.05) is 36.0 Å². The molecule has 0 rings (SSSR count). The zero-order chi connectivity index (χ0) is 16.2. The van der Waals surface area contributed by atoms with Gasteiger partial charge in [-0.25, -0.2) is 0 Å². The Bertz CT molecular complexity index is 251. The van der Waals surface area contributed by atoms with Crippen LogP contribution in [-0.2, 0) is 4.74 Å². The van der Waals surface area contributed by atoms with Crippen LogP contribution in [0.2, 0.25) is 65.0 Å². The van der Waals surface area contributed by atoms with Crippen molar-refractivity contribution in [1.82, 2.24) is 0 Å². The predicted molar refractivity (Wildman–Crippen MR) is 103 cm³/mol. The van der Waals surface area contributed by atoms with Gasteiger partial charge in [-0.2, -0.15) is 0 Å². The molecule has 0 radical (unpaired) electrons. The van der Waals surface area contributed by atoms with Gasteiger partial charge in [0.25, 0.3) is 0 Å². The molecule has 0 amide bonds. The Balaban J connectivity index is 5.25. The Morgan fingerprint density at radius 2 is 1.10 bits per heavy atom. The molecule has 0 atom stereocenters. The minimum atomic E-state index is -1.19. The van der Waals surface area contributed by atoms with Crippen LogP contribution in [0.5, 0.6) is 0 Å². The monoisotopic (exact) mass is 350 g/mol. The van der Waals surface area contributed by atoms with Crippen LogP contribution in [0.4, 0.5) is 0 Å². The Kier molecular flexibility index (Phi) is 7.66. The first kappa shape index (κ1) is 20.8. The maximum atomic E-state index is 8.82. The summed E-state index contributed by atoms with van der Waals surface area (Å²) in [6, 6.07) is 1.47. The van der Waals surface area contributed by atoms with E-state index in [9.17, 15) is 0 Å². The highest BCUT2D eigenvalue weighted by atomic mass is 29.9. The first-order valence-corrected chi connectivity index (χ1v) is 23.7. The van der Waals surface area contributed by atoms with Crippen LogP contribution in [0, 0.1) is 0 Å². The molecule has 0 bridgehead atoms. The quantitative estimate of drug-likeness (QED) is 0.501. The van der Waals surface area contributed by atoms with Crippen LogP contribution in [0.1, 0.15) is 6.42 Å². The fraction of sp³-hybridized carbons (Fsp3) is 1.00. The maximum Gasteiger partial charge on any atom is 0.0697 e. The van der Waals surface area contributed by atoms with Crippen molar-refractivity contribution in [2.24, 2.45) is 0 Å². The molecular formula is C14H38O2Si4. The molecule has 0 aromatic heterocycles. The van der Waals surface area contributed by atoms with Crippen LogP contribution in [-0.4, -0.2) is 54.3 Å². The smallest absolute Gasteiger partial charge is 0.0697 e. The normalized spacial score (nSPS) is 14.7. The summed E-state index contributed by atoms with van der Waals surface area (Å²) >= 11 is 0. The molecule has 0 aliphatic carbocycles. The molecule has 6 heteroatoms. The first-order chi connectivity index (χ1) is 8.81. The van der Waals surface area contributed by atoms with Crippen molar-refractivity contribution >= 4 is 29.4 Å². The van der Waals surface area contributed by atoms with Crippen LogP contribution in [0.25, 0.3) is 0 Å². The van der Waals surface area contributed by atoms with Crippen LogP contribution >= 0.6 is 0 Å². The molecule has 0 aromatic rings. The number of hydrogen-bond donors (Lipinski definition) is 1. The Hall–Kier alpha value is 0.788. The third-order valence-corrected chi connectivity index (χ3v) is 79.5. The Morgan fingerprint density at radius 3 is 1.40 bits per heavy atom. The molecule has 122 valence electrons. The number of ether oxygens (including phenoxy) is 1. The summed E-state index contributed by atoms with van der Waals surface area (Å²) in [6.45, 7) is 24.1. The number of hydrogen-bond acceptors (Lipinski definition) is 2. The number of aliphatic hydroxyl groups is 1. The fourth-order valence-corrected chi connectivity index (χ4v) is 104. The topological polar surface area (TPSA) is 29.5 Å². The third-order valence-electron chi connectivity index (χ3n) is 4.92. The van der Waals surface area contributed by atoms with Gasteiger partial charge in [0.1, 0.15) is 0 Å². The molecule has 0 saturated carbocycles. The molecule has 0 unspecified atom stereocenters. The van der Waals surface area contributed by atoms with Crippen molar-refractivity contribution < 1.29 is 9.84 Å². The van der Waals surface area contributed by atoms with E-state index in [4.69, 9.17) is 9.84 Å². The number of rotatable bonds is 9. The third kappa shape index (κ3) is 4.64. The van der Waals surface area contributed by atoms with E-state index >= 15 is 0 Å². The van der Waals surface area contributed by atoms with Crippen LogP contribution in [0.3, 0.4) is 0 Å². The van der Waals surface area contributed by atoms with Gasteiger partial charge in [0.2, 0.25) is 0 Å². The average Bonchev–Trinajstić information content (AvgIpc) is 2.17. The summed E-state index contributed by atoms with van der Waals surface area (Å²) in [5.41, 5.74) is 0. The van der Waals surface area contributed by atoms with E-state index in [-0.39, 0.29) is 6.61 Å². The molecule has 0 fully saturated rings. The summed E-state index contributed by atoms with van der Waals surface area (Å²) < 4.78 is 5.53. The second-order valence-corrected chi connectivity index (χ2v) is 50.6. The van der Waals surface area contributed by atoms with Crippen LogP contribution in [0.15, 0.2) is 0 Å². The van der Waals surface area contributed by atoms with Gasteiger partial charge in [0.15, 0.2) is 0 Å². The minimum Gasteiger partial charge on any atom is -0.394 e. The SMILES string of the molecule is C[Si](C)(C)[Si](CCCOCCO)([Si](C)(C)C)[Si](C)(C)C. The molecule has 0 aromatic carbocycles. The first-order valence-electron chi connectivity index (χ1n) is 8.00. The van der Waals surface area contributed by atoms with Crippen molar-refractivity contribution in [2.45, 2.75) is 71.4 Å². The number of aliphatic hydroxyl groups excluding tert-OH is 1. The highest BCUT2D eigenvalue weighted by molar-refractivity contribution is 7.89. The standard InChI is InChI=1S/C14H38O2Si4/c1-17(2,3)20(18(4,5)6,19(7,8)9)14-10-12-16-13-11-15/h15H,10-14H2,1-9H3. The predicted octanol–water partition coefficient (Wildman–Crippen LogP) is 4.08. The summed E-state index contributed by atoms with van der Waals surface area (Å²) in [5.74, 6) is 0. The molecule has 0 saturated heterocycles. The lowest BCUT2D eigenvalue weighted by molar-refractivity contribution is 0.0928. The summed E-state index contributed by atoms with van der Waals surface area (Å²) in [6.07, 6.45) is 1.21. The molecule has 2 nitrogen and oxygen atoms in total. The average molecular weight is 351 g/mol. The van der Waals surface area contributed by atoms with E-state index in [0.29, 0.717) is 6.61 Å².